The Kier molecular flexibility index (Phi) is 5.88. The van der Waals surface area contributed by atoms with E-state index in [1.807, 2.05) is 6.07 Å². The van der Waals surface area contributed by atoms with Crippen LogP contribution in [0.25, 0.3) is 0 Å². The smallest absolute Gasteiger partial charge is 0.150 e. The fourth-order valence-corrected chi connectivity index (χ4v) is 4.02. The fraction of sp³-hybridized carbons (Fsp3) is 0.455. The zero-order valence-corrected chi connectivity index (χ0v) is 16.8. The van der Waals surface area contributed by atoms with Crippen molar-refractivity contribution >= 4 is 0 Å². The van der Waals surface area contributed by atoms with Gasteiger partial charge in [0.1, 0.15) is 0 Å². The highest BCUT2D eigenvalue weighted by atomic mass is 16.5. The van der Waals surface area contributed by atoms with Crippen LogP contribution in [0.2, 0.25) is 0 Å². The van der Waals surface area contributed by atoms with E-state index in [2.05, 4.69) is 70.0 Å². The van der Waals surface area contributed by atoms with E-state index >= 15 is 0 Å². The lowest BCUT2D eigenvalue weighted by atomic mass is 10.0. The molecule has 0 spiro atoms. The average molecular weight is 380 g/mol. The summed E-state index contributed by atoms with van der Waals surface area (Å²) in [6.45, 7) is 8.04. The highest BCUT2D eigenvalue weighted by Gasteiger charge is 2.19. The van der Waals surface area contributed by atoms with Gasteiger partial charge in [-0.3, -0.25) is 14.5 Å². The van der Waals surface area contributed by atoms with Crippen molar-refractivity contribution < 1.29 is 4.52 Å². The Hall–Kier alpha value is -2.44. The number of aryl methyl sites for hydroxylation is 1. The highest BCUT2D eigenvalue weighted by molar-refractivity contribution is 5.19. The molecule has 0 fully saturated rings. The molecule has 0 amide bonds. The van der Waals surface area contributed by atoms with Crippen LogP contribution in [0.15, 0.2) is 53.2 Å². The number of benzene rings is 1. The van der Waals surface area contributed by atoms with Crippen LogP contribution in [-0.4, -0.2) is 44.9 Å². The van der Waals surface area contributed by atoms with Gasteiger partial charge < -0.3 is 4.52 Å². The number of aromatic nitrogens is 3. The van der Waals surface area contributed by atoms with Gasteiger partial charge in [0, 0.05) is 38.8 Å². The van der Waals surface area contributed by atoms with Crippen molar-refractivity contribution in [3.05, 3.63) is 71.4 Å². The van der Waals surface area contributed by atoms with Gasteiger partial charge in [0.25, 0.3) is 0 Å². The van der Waals surface area contributed by atoms with E-state index in [1.165, 1.54) is 11.3 Å². The first-order chi connectivity index (χ1) is 13.7. The van der Waals surface area contributed by atoms with Gasteiger partial charge in [-0.15, -0.1) is 0 Å². The molecule has 28 heavy (non-hydrogen) atoms. The second kappa shape index (κ2) is 8.71. The van der Waals surface area contributed by atoms with E-state index in [9.17, 15) is 0 Å². The first kappa shape index (κ1) is 18.9. The van der Waals surface area contributed by atoms with Crippen LogP contribution in [0.3, 0.4) is 0 Å². The molecule has 3 aromatic rings. The normalized spacial score (nSPS) is 16.1. The second-order valence-corrected chi connectivity index (χ2v) is 7.90. The van der Waals surface area contributed by atoms with E-state index < -0.39 is 0 Å². The number of hydrogen-bond donors (Lipinski definition) is 0. The molecule has 2 aromatic heterocycles. The van der Waals surface area contributed by atoms with Gasteiger partial charge in [0.05, 0.1) is 24.1 Å². The average Bonchev–Trinajstić information content (AvgIpc) is 3.28. The first-order valence-corrected chi connectivity index (χ1v) is 10.1. The largest absolute Gasteiger partial charge is 0.360 e. The summed E-state index contributed by atoms with van der Waals surface area (Å²) in [5, 5.41) is 8.63. The Morgan fingerprint density at radius 2 is 2.00 bits per heavy atom. The van der Waals surface area contributed by atoms with Crippen LogP contribution in [-0.2, 0) is 26.2 Å². The lowest BCUT2D eigenvalue weighted by Gasteiger charge is -2.24. The molecule has 0 unspecified atom stereocenters. The quantitative estimate of drug-likeness (QED) is 0.629. The molecule has 3 heterocycles. The summed E-state index contributed by atoms with van der Waals surface area (Å²) >= 11 is 0. The molecule has 0 aliphatic carbocycles. The predicted molar refractivity (Wildman–Crippen MR) is 109 cm³/mol. The summed E-state index contributed by atoms with van der Waals surface area (Å²) in [5.41, 5.74) is 3.85. The van der Waals surface area contributed by atoms with Gasteiger partial charge >= 0.3 is 0 Å². The highest BCUT2D eigenvalue weighted by Crippen LogP contribution is 2.20. The van der Waals surface area contributed by atoms with E-state index in [-0.39, 0.29) is 0 Å². The van der Waals surface area contributed by atoms with E-state index in [0.717, 1.165) is 57.1 Å². The van der Waals surface area contributed by atoms with Crippen molar-refractivity contribution in [2.24, 2.45) is 0 Å². The number of fused-ring (bicyclic) bond motifs is 1. The second-order valence-electron chi connectivity index (χ2n) is 7.90. The Morgan fingerprint density at radius 3 is 2.79 bits per heavy atom. The van der Waals surface area contributed by atoms with Crippen molar-refractivity contribution in [2.75, 3.05) is 20.1 Å². The predicted octanol–water partition coefficient (Wildman–Crippen LogP) is 3.51. The fourth-order valence-electron chi connectivity index (χ4n) is 4.02. The Labute approximate surface area is 166 Å². The number of nitrogens with zero attached hydrogens (tertiary/aromatic N) is 5. The standard InChI is InChI=1S/C22H29N5O/c1-18(19-7-4-3-5-8-19)14-26-11-6-12-27-21(16-26)13-20(24-27)15-25(2)17-22-9-10-23-28-22/h3-5,7-10,13,18H,6,11-12,14-17H2,1-2H3/t18-/m0/s1. The summed E-state index contributed by atoms with van der Waals surface area (Å²) in [5.74, 6) is 1.41. The molecule has 1 aromatic carbocycles. The summed E-state index contributed by atoms with van der Waals surface area (Å²) in [7, 11) is 2.08. The van der Waals surface area contributed by atoms with Crippen LogP contribution in [0, 0.1) is 0 Å². The summed E-state index contributed by atoms with van der Waals surface area (Å²) < 4.78 is 7.40. The molecule has 4 rings (SSSR count). The zero-order chi connectivity index (χ0) is 19.3. The first-order valence-electron chi connectivity index (χ1n) is 10.1. The van der Waals surface area contributed by atoms with Gasteiger partial charge in [-0.05, 0) is 31.0 Å². The lowest BCUT2D eigenvalue weighted by molar-refractivity contribution is 0.255. The third kappa shape index (κ3) is 4.69. The number of rotatable bonds is 7. The third-order valence-electron chi connectivity index (χ3n) is 5.39. The minimum atomic E-state index is 0.531. The molecular formula is C22H29N5O. The van der Waals surface area contributed by atoms with Crippen LogP contribution in [0.1, 0.15) is 42.0 Å². The van der Waals surface area contributed by atoms with Crippen molar-refractivity contribution in [1.29, 1.82) is 0 Å². The molecule has 1 atom stereocenters. The van der Waals surface area contributed by atoms with Crippen LogP contribution in [0.5, 0.6) is 0 Å². The molecule has 0 saturated heterocycles. The van der Waals surface area contributed by atoms with Gasteiger partial charge in [-0.25, -0.2) is 0 Å². The molecule has 1 aliphatic rings. The topological polar surface area (TPSA) is 50.3 Å². The maximum Gasteiger partial charge on any atom is 0.150 e. The summed E-state index contributed by atoms with van der Waals surface area (Å²) in [6, 6.07) is 15.0. The molecular weight excluding hydrogens is 350 g/mol. The van der Waals surface area contributed by atoms with Crippen LogP contribution in [0.4, 0.5) is 0 Å². The van der Waals surface area contributed by atoms with Crippen LogP contribution < -0.4 is 0 Å². The molecule has 6 nitrogen and oxygen atoms in total. The zero-order valence-electron chi connectivity index (χ0n) is 16.8. The van der Waals surface area contributed by atoms with Gasteiger partial charge in [-0.1, -0.05) is 42.4 Å². The summed E-state index contributed by atoms with van der Waals surface area (Å²) in [6.07, 6.45) is 2.83. The molecule has 0 N–H and O–H groups in total. The maximum atomic E-state index is 5.20. The van der Waals surface area contributed by atoms with Crippen LogP contribution >= 0.6 is 0 Å². The van der Waals surface area contributed by atoms with E-state index in [0.29, 0.717) is 5.92 Å². The minimum absolute atomic E-state index is 0.531. The molecule has 6 heteroatoms. The van der Waals surface area contributed by atoms with Crippen molar-refractivity contribution in [3.63, 3.8) is 0 Å². The SMILES string of the molecule is C[C@@H](CN1CCCn2nc(CN(C)Cc3ccno3)cc2C1)c1ccccc1. The van der Waals surface area contributed by atoms with Gasteiger partial charge in [0.15, 0.2) is 5.76 Å². The Bertz CT molecular complexity index is 858. The molecule has 0 saturated carbocycles. The maximum absolute atomic E-state index is 5.20. The Balaban J connectivity index is 1.38. The summed E-state index contributed by atoms with van der Waals surface area (Å²) in [4.78, 5) is 4.78. The molecule has 1 aliphatic heterocycles. The molecule has 148 valence electrons. The van der Waals surface area contributed by atoms with E-state index in [1.54, 1.807) is 6.20 Å². The van der Waals surface area contributed by atoms with E-state index in [4.69, 9.17) is 9.62 Å². The van der Waals surface area contributed by atoms with Crippen molar-refractivity contribution in [1.82, 2.24) is 24.7 Å². The Morgan fingerprint density at radius 1 is 1.14 bits per heavy atom. The number of hydrogen-bond acceptors (Lipinski definition) is 5. The van der Waals surface area contributed by atoms with Crippen molar-refractivity contribution in [3.8, 4) is 0 Å². The van der Waals surface area contributed by atoms with Gasteiger partial charge in [-0.2, -0.15) is 5.10 Å². The van der Waals surface area contributed by atoms with Gasteiger partial charge in [0.2, 0.25) is 0 Å². The lowest BCUT2D eigenvalue weighted by Crippen LogP contribution is -2.27. The monoisotopic (exact) mass is 379 g/mol. The third-order valence-corrected chi connectivity index (χ3v) is 5.39. The molecule has 0 radical (unpaired) electrons. The molecule has 0 bridgehead atoms. The van der Waals surface area contributed by atoms with Crippen molar-refractivity contribution in [2.45, 2.75) is 45.4 Å². The minimum Gasteiger partial charge on any atom is -0.360 e.